The van der Waals surface area contributed by atoms with Crippen LogP contribution in [0.5, 0.6) is 0 Å². The molecule has 10 nitrogen and oxygen atoms in total. The van der Waals surface area contributed by atoms with E-state index in [1.54, 1.807) is 0 Å². The monoisotopic (exact) mass is 523 g/mol. The molecular weight excluding hydrogens is 499 g/mol. The van der Waals surface area contributed by atoms with Crippen LogP contribution in [-0.4, -0.2) is 61.3 Å². The second-order valence-corrected chi connectivity index (χ2v) is 9.23. The summed E-state index contributed by atoms with van der Waals surface area (Å²) in [6.45, 7) is 5.85. The first-order chi connectivity index (χ1) is 18.3. The van der Waals surface area contributed by atoms with Crippen LogP contribution in [0.3, 0.4) is 0 Å². The smallest absolute Gasteiger partial charge is 0.378 e. The Hall–Kier alpha value is -4.26. The highest BCUT2D eigenvalue weighted by Crippen LogP contribution is 2.36. The van der Waals surface area contributed by atoms with Gasteiger partial charge in [-0.15, -0.1) is 10.2 Å². The van der Waals surface area contributed by atoms with Gasteiger partial charge in [0, 0.05) is 41.5 Å². The molecule has 1 fully saturated rings. The maximum absolute atomic E-state index is 13.7. The van der Waals surface area contributed by atoms with Crippen molar-refractivity contribution in [2.24, 2.45) is 0 Å². The lowest BCUT2D eigenvalue weighted by Crippen LogP contribution is -2.38. The number of halogens is 3. The zero-order chi connectivity index (χ0) is 26.4. The molecular formula is C25H24F3N9O. The number of rotatable bonds is 5. The van der Waals surface area contributed by atoms with Gasteiger partial charge in [0.2, 0.25) is 11.8 Å². The van der Waals surface area contributed by atoms with E-state index in [4.69, 9.17) is 9.72 Å². The fourth-order valence-electron chi connectivity index (χ4n) is 4.82. The molecule has 1 aliphatic heterocycles. The highest BCUT2D eigenvalue weighted by Gasteiger charge is 2.35. The Morgan fingerprint density at radius 2 is 1.89 bits per heavy atom. The molecule has 0 saturated carbocycles. The van der Waals surface area contributed by atoms with E-state index in [1.807, 2.05) is 55.1 Å². The lowest BCUT2D eigenvalue weighted by atomic mass is 10.0. The average Bonchev–Trinajstić information content (AvgIpc) is 3.60. The molecule has 2 aromatic carbocycles. The van der Waals surface area contributed by atoms with Crippen molar-refractivity contribution < 1.29 is 17.9 Å². The number of aromatic nitrogens is 7. The Balaban J connectivity index is 1.52. The fraction of sp³-hybridized carbons (Fsp3) is 0.320. The third kappa shape index (κ3) is 4.28. The maximum atomic E-state index is 13.7. The molecule has 0 aliphatic carbocycles. The van der Waals surface area contributed by atoms with E-state index in [-0.39, 0.29) is 11.7 Å². The van der Waals surface area contributed by atoms with Gasteiger partial charge in [-0.05, 0) is 42.8 Å². The number of fused-ring (bicyclic) bond motifs is 3. The van der Waals surface area contributed by atoms with Crippen LogP contribution in [0.1, 0.15) is 29.8 Å². The third-order valence-electron chi connectivity index (χ3n) is 6.59. The largest absolute Gasteiger partial charge is 0.434 e. The summed E-state index contributed by atoms with van der Waals surface area (Å²) in [5, 5.41) is 18.4. The molecule has 1 saturated heterocycles. The number of imidazole rings is 1. The molecule has 2 N–H and O–H groups in total. The van der Waals surface area contributed by atoms with E-state index >= 15 is 0 Å². The lowest BCUT2D eigenvalue weighted by molar-refractivity contribution is -0.140. The van der Waals surface area contributed by atoms with Gasteiger partial charge in [0.1, 0.15) is 5.65 Å². The second-order valence-electron chi connectivity index (χ2n) is 9.23. The van der Waals surface area contributed by atoms with Crippen LogP contribution in [0.2, 0.25) is 0 Å². The molecule has 1 atom stereocenters. The van der Waals surface area contributed by atoms with Gasteiger partial charge in [0.25, 0.3) is 0 Å². The van der Waals surface area contributed by atoms with Gasteiger partial charge in [0.05, 0.1) is 24.8 Å². The van der Waals surface area contributed by atoms with Crippen LogP contribution in [0.25, 0.3) is 27.9 Å². The predicted octanol–water partition coefficient (Wildman–Crippen LogP) is 4.40. The minimum Gasteiger partial charge on any atom is -0.378 e. The number of anilines is 2. The molecule has 0 amide bonds. The summed E-state index contributed by atoms with van der Waals surface area (Å²) in [4.78, 5) is 10.9. The van der Waals surface area contributed by atoms with E-state index in [0.29, 0.717) is 49.0 Å². The number of alkyl halides is 3. The number of morpholine rings is 1. The topological polar surface area (TPSA) is 109 Å². The molecule has 6 rings (SSSR count). The highest BCUT2D eigenvalue weighted by atomic mass is 19.4. The van der Waals surface area contributed by atoms with Crippen molar-refractivity contribution in [3.05, 3.63) is 59.4 Å². The molecule has 38 heavy (non-hydrogen) atoms. The van der Waals surface area contributed by atoms with Crippen molar-refractivity contribution in [2.45, 2.75) is 26.1 Å². The number of benzene rings is 2. The Morgan fingerprint density at radius 1 is 1.11 bits per heavy atom. The van der Waals surface area contributed by atoms with Crippen molar-refractivity contribution in [1.29, 1.82) is 0 Å². The zero-order valence-corrected chi connectivity index (χ0v) is 20.6. The van der Waals surface area contributed by atoms with Gasteiger partial charge in [-0.1, -0.05) is 18.2 Å². The molecule has 13 heteroatoms. The number of aromatic amines is 1. The molecule has 1 aliphatic rings. The van der Waals surface area contributed by atoms with Crippen molar-refractivity contribution in [1.82, 2.24) is 35.0 Å². The van der Waals surface area contributed by atoms with Gasteiger partial charge >= 0.3 is 6.18 Å². The van der Waals surface area contributed by atoms with E-state index < -0.39 is 11.9 Å². The standard InChI is InChI=1S/C25H24F3N9O/c1-14-11-17(15(2)29-19-6-4-3-5-16(19)22-32-34-35-33-22)21-18(12-14)23-30-20(25(26,27)28)13-37(23)24(31-21)36-7-9-38-10-8-36/h3-6,11-13,15,29H,7-10H2,1-2H3,(H,32,33,34,35)/t15-/m1/s1. The zero-order valence-electron chi connectivity index (χ0n) is 20.6. The van der Waals surface area contributed by atoms with E-state index in [9.17, 15) is 13.2 Å². The van der Waals surface area contributed by atoms with Crippen LogP contribution in [0.15, 0.2) is 42.6 Å². The Labute approximate surface area is 214 Å². The van der Waals surface area contributed by atoms with Crippen LogP contribution >= 0.6 is 0 Å². The first-order valence-corrected chi connectivity index (χ1v) is 12.1. The summed E-state index contributed by atoms with van der Waals surface area (Å²) in [5.74, 6) is 0.851. The van der Waals surface area contributed by atoms with Gasteiger partial charge < -0.3 is 15.0 Å². The molecule has 0 unspecified atom stereocenters. The number of nitrogens with one attached hydrogen (secondary N) is 2. The number of nitrogens with zero attached hydrogens (tertiary/aromatic N) is 7. The quantitative estimate of drug-likeness (QED) is 0.349. The molecule has 0 radical (unpaired) electrons. The van der Waals surface area contributed by atoms with Crippen molar-refractivity contribution >= 4 is 28.2 Å². The summed E-state index contributed by atoms with van der Waals surface area (Å²) >= 11 is 0. The van der Waals surface area contributed by atoms with E-state index in [0.717, 1.165) is 28.6 Å². The van der Waals surface area contributed by atoms with Crippen molar-refractivity contribution in [3.8, 4) is 11.4 Å². The molecule has 0 spiro atoms. The van der Waals surface area contributed by atoms with Gasteiger partial charge in [-0.2, -0.15) is 18.4 Å². The van der Waals surface area contributed by atoms with Crippen LogP contribution < -0.4 is 10.2 Å². The molecule has 4 heterocycles. The highest BCUT2D eigenvalue weighted by molar-refractivity contribution is 5.96. The SMILES string of the molecule is Cc1cc([C@@H](C)Nc2ccccc2-c2nn[nH]n2)c2nc(N3CCOCC3)n3cc(C(F)(F)F)nc3c2c1. The molecule has 3 aromatic heterocycles. The number of tetrazole rings is 1. The normalized spacial score (nSPS) is 15.3. The number of aryl methyl sites for hydroxylation is 1. The van der Waals surface area contributed by atoms with Crippen LogP contribution in [-0.2, 0) is 10.9 Å². The summed E-state index contributed by atoms with van der Waals surface area (Å²) in [6.07, 6.45) is -3.56. The maximum Gasteiger partial charge on any atom is 0.434 e. The fourth-order valence-corrected chi connectivity index (χ4v) is 4.82. The summed E-state index contributed by atoms with van der Waals surface area (Å²) in [7, 11) is 0. The summed E-state index contributed by atoms with van der Waals surface area (Å²) in [5.41, 5.74) is 3.10. The third-order valence-corrected chi connectivity index (χ3v) is 6.59. The summed E-state index contributed by atoms with van der Waals surface area (Å²) < 4.78 is 48.1. The van der Waals surface area contributed by atoms with E-state index in [1.165, 1.54) is 4.40 Å². The lowest BCUT2D eigenvalue weighted by Gasteiger charge is -2.29. The van der Waals surface area contributed by atoms with E-state index in [2.05, 4.69) is 30.9 Å². The predicted molar refractivity (Wildman–Crippen MR) is 135 cm³/mol. The number of hydrogen-bond acceptors (Lipinski definition) is 8. The molecule has 0 bridgehead atoms. The van der Waals surface area contributed by atoms with Gasteiger partial charge in [-0.25, -0.2) is 9.97 Å². The minimum atomic E-state index is -4.58. The first kappa shape index (κ1) is 24.1. The molecule has 5 aromatic rings. The van der Waals surface area contributed by atoms with Crippen LogP contribution in [0, 0.1) is 6.92 Å². The van der Waals surface area contributed by atoms with Crippen molar-refractivity contribution in [2.75, 3.05) is 36.5 Å². The van der Waals surface area contributed by atoms with Gasteiger partial charge in [0.15, 0.2) is 5.69 Å². The second kappa shape index (κ2) is 9.24. The average molecular weight is 524 g/mol. The first-order valence-electron chi connectivity index (χ1n) is 12.1. The number of ether oxygens (including phenoxy) is 1. The Morgan fingerprint density at radius 3 is 2.63 bits per heavy atom. The van der Waals surface area contributed by atoms with Gasteiger partial charge in [-0.3, -0.25) is 4.40 Å². The number of H-pyrrole nitrogens is 1. The summed E-state index contributed by atoms with van der Waals surface area (Å²) in [6, 6.07) is 11.1. The Kier molecular flexibility index (Phi) is 5.86. The van der Waals surface area contributed by atoms with Crippen LogP contribution in [0.4, 0.5) is 24.8 Å². The number of para-hydroxylation sites is 1. The number of hydrogen-bond donors (Lipinski definition) is 2. The minimum absolute atomic E-state index is 0.216. The van der Waals surface area contributed by atoms with Crippen molar-refractivity contribution in [3.63, 3.8) is 0 Å². The molecule has 196 valence electrons. The Bertz CT molecular complexity index is 1610.